The maximum atomic E-state index is 12.4. The van der Waals surface area contributed by atoms with Gasteiger partial charge in [-0.15, -0.1) is 10.2 Å². The van der Waals surface area contributed by atoms with Gasteiger partial charge < -0.3 is 10.4 Å². The Morgan fingerprint density at radius 1 is 1.33 bits per heavy atom. The third kappa shape index (κ3) is 2.78. The number of rotatable bonds is 5. The van der Waals surface area contributed by atoms with Crippen molar-refractivity contribution in [2.75, 3.05) is 11.1 Å². The molecule has 2 fully saturated rings. The van der Waals surface area contributed by atoms with Crippen LogP contribution < -0.4 is 5.32 Å². The van der Waals surface area contributed by atoms with Gasteiger partial charge in [-0.3, -0.25) is 9.59 Å². The lowest BCUT2D eigenvalue weighted by molar-refractivity contribution is -0.148. The van der Waals surface area contributed by atoms with Crippen molar-refractivity contribution in [2.24, 2.45) is 23.7 Å². The van der Waals surface area contributed by atoms with Crippen LogP contribution in [0.4, 0.5) is 5.13 Å². The second-order valence-corrected chi connectivity index (χ2v) is 8.01. The molecule has 8 heteroatoms. The molecule has 2 aliphatic rings. The molecular formula is C13H17N3O3S2. The molecule has 0 aromatic carbocycles. The number of nitrogens with zero attached hydrogens (tertiary/aromatic N) is 2. The van der Waals surface area contributed by atoms with Gasteiger partial charge >= 0.3 is 5.97 Å². The van der Waals surface area contributed by atoms with E-state index in [1.165, 1.54) is 11.3 Å². The van der Waals surface area contributed by atoms with Crippen LogP contribution in [0.2, 0.25) is 0 Å². The Hall–Kier alpha value is -1.15. The Labute approximate surface area is 130 Å². The lowest BCUT2D eigenvalue weighted by Gasteiger charge is -2.26. The number of aromatic nitrogens is 2. The number of hydrogen-bond donors (Lipinski definition) is 2. The van der Waals surface area contributed by atoms with E-state index in [4.69, 9.17) is 0 Å². The highest BCUT2D eigenvalue weighted by atomic mass is 32.2. The SMILES string of the molecule is CCSc1nnc(NC(=O)[C@H]2[C@H]3CC[C@@H](C3)[C@H]2C(=O)O)s1. The fraction of sp³-hybridized carbons (Fsp3) is 0.692. The van der Waals surface area contributed by atoms with E-state index in [0.717, 1.165) is 29.4 Å². The van der Waals surface area contributed by atoms with Gasteiger partial charge in [0, 0.05) is 0 Å². The molecule has 21 heavy (non-hydrogen) atoms. The van der Waals surface area contributed by atoms with Crippen LogP contribution in [0, 0.1) is 23.7 Å². The summed E-state index contributed by atoms with van der Waals surface area (Å²) in [6.45, 7) is 2.02. The molecule has 0 radical (unpaired) electrons. The number of carbonyl (C=O) groups excluding carboxylic acids is 1. The summed E-state index contributed by atoms with van der Waals surface area (Å²) in [5.74, 6) is -0.762. The molecule has 1 heterocycles. The molecule has 0 spiro atoms. The van der Waals surface area contributed by atoms with Crippen LogP contribution in [0.25, 0.3) is 0 Å². The molecule has 2 aliphatic carbocycles. The molecule has 1 aromatic heterocycles. The molecule has 2 bridgehead atoms. The molecule has 0 aliphatic heterocycles. The van der Waals surface area contributed by atoms with Crippen LogP contribution in [-0.4, -0.2) is 32.9 Å². The molecule has 0 unspecified atom stereocenters. The van der Waals surface area contributed by atoms with Crippen LogP contribution in [0.15, 0.2) is 4.34 Å². The number of hydrogen-bond acceptors (Lipinski definition) is 6. The molecule has 2 saturated carbocycles. The van der Waals surface area contributed by atoms with E-state index >= 15 is 0 Å². The minimum absolute atomic E-state index is 0.156. The fourth-order valence-electron chi connectivity index (χ4n) is 3.65. The third-order valence-electron chi connectivity index (χ3n) is 4.41. The van der Waals surface area contributed by atoms with Gasteiger partial charge in [-0.1, -0.05) is 30.0 Å². The maximum Gasteiger partial charge on any atom is 0.307 e. The van der Waals surface area contributed by atoms with Crippen molar-refractivity contribution < 1.29 is 14.7 Å². The molecule has 1 aromatic rings. The average molecular weight is 327 g/mol. The number of carbonyl (C=O) groups is 2. The van der Waals surface area contributed by atoms with Crippen LogP contribution in [-0.2, 0) is 9.59 Å². The Morgan fingerprint density at radius 2 is 2.05 bits per heavy atom. The maximum absolute atomic E-state index is 12.4. The first-order valence-corrected chi connectivity index (χ1v) is 8.90. The summed E-state index contributed by atoms with van der Waals surface area (Å²) >= 11 is 2.91. The number of nitrogens with one attached hydrogen (secondary N) is 1. The second-order valence-electron chi connectivity index (χ2n) is 5.52. The Kier molecular flexibility index (Phi) is 4.17. The summed E-state index contributed by atoms with van der Waals surface area (Å²) in [6.07, 6.45) is 2.75. The largest absolute Gasteiger partial charge is 0.481 e. The normalized spacial score (nSPS) is 30.5. The van der Waals surface area contributed by atoms with Crippen LogP contribution >= 0.6 is 23.1 Å². The highest BCUT2D eigenvalue weighted by Crippen LogP contribution is 2.52. The number of fused-ring (bicyclic) bond motifs is 2. The van der Waals surface area contributed by atoms with Crippen molar-refractivity contribution in [1.82, 2.24) is 10.2 Å². The summed E-state index contributed by atoms with van der Waals surface area (Å²) in [4.78, 5) is 23.9. The van der Waals surface area contributed by atoms with E-state index in [1.807, 2.05) is 6.92 Å². The first-order chi connectivity index (χ1) is 10.1. The highest BCUT2D eigenvalue weighted by Gasteiger charge is 2.54. The zero-order valence-corrected chi connectivity index (χ0v) is 13.2. The van der Waals surface area contributed by atoms with E-state index in [1.54, 1.807) is 11.8 Å². The van der Waals surface area contributed by atoms with Gasteiger partial charge in [-0.2, -0.15) is 0 Å². The summed E-state index contributed by atoms with van der Waals surface area (Å²) < 4.78 is 0.815. The van der Waals surface area contributed by atoms with Crippen LogP contribution in [0.1, 0.15) is 26.2 Å². The number of aliphatic carboxylic acids is 1. The van der Waals surface area contributed by atoms with Gasteiger partial charge in [-0.25, -0.2) is 0 Å². The number of anilines is 1. The van der Waals surface area contributed by atoms with Crippen LogP contribution in [0.3, 0.4) is 0 Å². The molecular weight excluding hydrogens is 310 g/mol. The zero-order chi connectivity index (χ0) is 15.0. The summed E-state index contributed by atoms with van der Waals surface area (Å²) in [7, 11) is 0. The molecule has 6 nitrogen and oxygen atoms in total. The quantitative estimate of drug-likeness (QED) is 0.637. The monoisotopic (exact) mass is 327 g/mol. The first kappa shape index (κ1) is 14.8. The van der Waals surface area contributed by atoms with Gasteiger partial charge in [-0.05, 0) is 36.9 Å². The summed E-state index contributed by atoms with van der Waals surface area (Å²) in [6, 6.07) is 0. The number of amides is 1. The molecule has 4 atom stereocenters. The van der Waals surface area contributed by atoms with Gasteiger partial charge in [0.15, 0.2) is 4.34 Å². The molecule has 2 N–H and O–H groups in total. The Morgan fingerprint density at radius 3 is 2.71 bits per heavy atom. The Balaban J connectivity index is 1.70. The molecule has 0 saturated heterocycles. The van der Waals surface area contributed by atoms with Gasteiger partial charge in [0.25, 0.3) is 0 Å². The van der Waals surface area contributed by atoms with E-state index in [2.05, 4.69) is 15.5 Å². The second kappa shape index (κ2) is 5.92. The first-order valence-electron chi connectivity index (χ1n) is 7.10. The van der Waals surface area contributed by atoms with E-state index < -0.39 is 17.8 Å². The van der Waals surface area contributed by atoms with Gasteiger partial charge in [0.05, 0.1) is 11.8 Å². The van der Waals surface area contributed by atoms with E-state index in [0.29, 0.717) is 5.13 Å². The Bertz CT molecular complexity index is 563. The minimum Gasteiger partial charge on any atom is -0.481 e. The predicted octanol–water partition coefficient (Wildman–Crippen LogP) is 2.34. The number of thioether (sulfide) groups is 1. The van der Waals surface area contributed by atoms with E-state index in [9.17, 15) is 14.7 Å². The molecule has 114 valence electrons. The van der Waals surface area contributed by atoms with Gasteiger partial charge in [0.1, 0.15) is 0 Å². The van der Waals surface area contributed by atoms with Crippen molar-refractivity contribution in [3.63, 3.8) is 0 Å². The van der Waals surface area contributed by atoms with Gasteiger partial charge in [0.2, 0.25) is 11.0 Å². The highest BCUT2D eigenvalue weighted by molar-refractivity contribution is 8.01. The molecule has 3 rings (SSSR count). The number of carboxylic acids is 1. The number of carboxylic acid groups (broad SMARTS) is 1. The molecule has 1 amide bonds. The summed E-state index contributed by atoms with van der Waals surface area (Å²) in [5.41, 5.74) is 0. The van der Waals surface area contributed by atoms with E-state index in [-0.39, 0.29) is 17.7 Å². The standard InChI is InChI=1S/C13H17N3O3S2/c1-2-20-13-16-15-12(21-13)14-10(17)8-6-3-4-7(5-6)9(8)11(18)19/h6-9H,2-5H2,1H3,(H,18,19)(H,14,15,17)/t6-,7-,8-,9+/m0/s1. The van der Waals surface area contributed by atoms with Crippen LogP contribution in [0.5, 0.6) is 0 Å². The minimum atomic E-state index is -0.846. The predicted molar refractivity (Wildman–Crippen MR) is 80.4 cm³/mol. The lowest BCUT2D eigenvalue weighted by Crippen LogP contribution is -2.37. The zero-order valence-electron chi connectivity index (χ0n) is 11.6. The fourth-order valence-corrected chi connectivity index (χ4v) is 5.31. The smallest absolute Gasteiger partial charge is 0.307 e. The van der Waals surface area contributed by atoms with Crippen molar-refractivity contribution in [3.8, 4) is 0 Å². The average Bonchev–Trinajstić information content (AvgIpc) is 3.13. The lowest BCUT2D eigenvalue weighted by atomic mass is 9.79. The van der Waals surface area contributed by atoms with Crippen molar-refractivity contribution in [3.05, 3.63) is 0 Å². The topological polar surface area (TPSA) is 92.2 Å². The van der Waals surface area contributed by atoms with Crippen molar-refractivity contribution in [1.29, 1.82) is 0 Å². The van der Waals surface area contributed by atoms with Crippen molar-refractivity contribution >= 4 is 40.1 Å². The summed E-state index contributed by atoms with van der Waals surface area (Å²) in [5, 5.41) is 20.5. The van der Waals surface area contributed by atoms with Crippen molar-refractivity contribution in [2.45, 2.75) is 30.5 Å². The third-order valence-corrected chi connectivity index (χ3v) is 6.26.